The van der Waals surface area contributed by atoms with Crippen molar-refractivity contribution in [2.75, 3.05) is 19.4 Å². The summed E-state index contributed by atoms with van der Waals surface area (Å²) in [6.07, 6.45) is 3.03. The Morgan fingerprint density at radius 3 is 2.42 bits per heavy atom. The van der Waals surface area contributed by atoms with E-state index < -0.39 is 0 Å². The molecule has 1 heterocycles. The Hall–Kier alpha value is -2.33. The van der Waals surface area contributed by atoms with Crippen molar-refractivity contribution in [3.05, 3.63) is 58.7 Å². The highest BCUT2D eigenvalue weighted by molar-refractivity contribution is 5.59. The highest BCUT2D eigenvalue weighted by Crippen LogP contribution is 2.34. The minimum absolute atomic E-state index is 0.0472. The Morgan fingerprint density at radius 2 is 1.85 bits per heavy atom. The molecule has 1 fully saturated rings. The van der Waals surface area contributed by atoms with Crippen molar-refractivity contribution in [3.8, 4) is 5.75 Å². The van der Waals surface area contributed by atoms with Crippen LogP contribution < -0.4 is 10.5 Å². The number of ether oxygens (including phenoxy) is 1. The van der Waals surface area contributed by atoms with Gasteiger partial charge in [-0.05, 0) is 73.5 Å². The molecule has 2 unspecified atom stereocenters. The van der Waals surface area contributed by atoms with Gasteiger partial charge < -0.3 is 15.3 Å². The van der Waals surface area contributed by atoms with Gasteiger partial charge in [-0.25, -0.2) is 0 Å². The highest BCUT2D eigenvalue weighted by Gasteiger charge is 2.29. The van der Waals surface area contributed by atoms with Gasteiger partial charge in [0, 0.05) is 12.2 Å². The molecule has 26 heavy (non-hydrogen) atoms. The Morgan fingerprint density at radius 1 is 1.19 bits per heavy atom. The summed E-state index contributed by atoms with van der Waals surface area (Å²) in [6, 6.07) is 12.4. The van der Waals surface area contributed by atoms with Gasteiger partial charge in [-0.15, -0.1) is 0 Å². The molecule has 0 aromatic heterocycles. The first kappa shape index (κ1) is 18.5. The zero-order chi connectivity index (χ0) is 18.7. The third kappa shape index (κ3) is 3.91. The van der Waals surface area contributed by atoms with E-state index in [4.69, 9.17) is 10.5 Å². The number of hydrogen-bond acceptors (Lipinski definition) is 4. The molecule has 3 rings (SSSR count). The van der Waals surface area contributed by atoms with E-state index in [2.05, 4.69) is 43.0 Å². The summed E-state index contributed by atoms with van der Waals surface area (Å²) in [5.41, 5.74) is 11.7. The topological polar surface area (TPSA) is 55.6 Å². The minimum atomic E-state index is -0.0472. The first-order chi connectivity index (χ1) is 12.5. The highest BCUT2D eigenvalue weighted by atomic mass is 16.5. The number of nitrogen functional groups attached to an aromatic ring is 1. The number of nitrogens with two attached hydrogens (primary N) is 1. The maximum atomic E-state index is 11.7. The van der Waals surface area contributed by atoms with E-state index in [1.807, 2.05) is 12.1 Å². The molecule has 0 amide bonds. The average molecular weight is 352 g/mol. The van der Waals surface area contributed by atoms with Crippen LogP contribution in [0.25, 0.3) is 0 Å². The van der Waals surface area contributed by atoms with Crippen molar-refractivity contribution < 1.29 is 9.53 Å². The molecule has 138 valence electrons. The number of carbonyl (C=O) groups excluding carboxylic acids is 1. The van der Waals surface area contributed by atoms with Crippen molar-refractivity contribution in [2.24, 2.45) is 0 Å². The first-order valence-electron chi connectivity index (χ1n) is 9.20. The van der Waals surface area contributed by atoms with Crippen molar-refractivity contribution in [1.29, 1.82) is 0 Å². The number of carbonyl (C=O) groups is 1. The zero-order valence-corrected chi connectivity index (χ0v) is 15.9. The van der Waals surface area contributed by atoms with E-state index in [9.17, 15) is 4.79 Å². The van der Waals surface area contributed by atoms with E-state index in [1.165, 1.54) is 11.1 Å². The molecule has 0 bridgehead atoms. The number of nitrogens with zero attached hydrogens (tertiary/aromatic N) is 1. The van der Waals surface area contributed by atoms with E-state index in [0.29, 0.717) is 5.92 Å². The van der Waals surface area contributed by atoms with Gasteiger partial charge in [0.25, 0.3) is 0 Å². The summed E-state index contributed by atoms with van der Waals surface area (Å²) < 4.78 is 5.21. The number of piperidine rings is 1. The van der Waals surface area contributed by atoms with Crippen LogP contribution in [-0.2, 0) is 11.3 Å². The minimum Gasteiger partial charge on any atom is -0.497 e. The number of likely N-dealkylation sites (tertiary alicyclic amines) is 1. The molecular weight excluding hydrogens is 324 g/mol. The number of benzene rings is 2. The van der Waals surface area contributed by atoms with Crippen LogP contribution in [0.1, 0.15) is 41.0 Å². The second-order valence-electron chi connectivity index (χ2n) is 7.31. The van der Waals surface area contributed by atoms with Crippen molar-refractivity contribution in [1.82, 2.24) is 4.90 Å². The average Bonchev–Trinajstić information content (AvgIpc) is 2.66. The fourth-order valence-electron chi connectivity index (χ4n) is 3.90. The van der Waals surface area contributed by atoms with E-state index in [0.717, 1.165) is 54.8 Å². The lowest BCUT2D eigenvalue weighted by Crippen LogP contribution is -2.42. The normalized spacial score (nSPS) is 20.7. The molecule has 2 N–H and O–H groups in total. The number of methoxy groups -OCH3 is 1. The predicted octanol–water partition coefficient (Wildman–Crippen LogP) is 3.84. The summed E-state index contributed by atoms with van der Waals surface area (Å²) in [5.74, 6) is 1.27. The lowest BCUT2D eigenvalue weighted by atomic mass is 9.84. The van der Waals surface area contributed by atoms with Crippen LogP contribution in [0, 0.1) is 13.8 Å². The second-order valence-corrected chi connectivity index (χ2v) is 7.31. The van der Waals surface area contributed by atoms with Gasteiger partial charge in [0.15, 0.2) is 0 Å². The van der Waals surface area contributed by atoms with E-state index in [1.54, 1.807) is 7.11 Å². The Balaban J connectivity index is 1.71. The van der Waals surface area contributed by atoms with Gasteiger partial charge in [0.1, 0.15) is 12.0 Å². The maximum absolute atomic E-state index is 11.7. The van der Waals surface area contributed by atoms with E-state index in [-0.39, 0.29) is 6.04 Å². The van der Waals surface area contributed by atoms with Crippen molar-refractivity contribution in [3.63, 3.8) is 0 Å². The summed E-state index contributed by atoms with van der Waals surface area (Å²) in [6.45, 7) is 5.83. The summed E-state index contributed by atoms with van der Waals surface area (Å²) >= 11 is 0. The molecule has 0 spiro atoms. The molecule has 2 atom stereocenters. The molecule has 1 aliphatic rings. The largest absolute Gasteiger partial charge is 0.497 e. The Bertz CT molecular complexity index is 747. The molecule has 1 aliphatic heterocycles. The molecule has 4 heteroatoms. The molecule has 0 saturated carbocycles. The van der Waals surface area contributed by atoms with Crippen LogP contribution in [0.3, 0.4) is 0 Å². The number of aldehydes is 1. The fourth-order valence-corrected chi connectivity index (χ4v) is 3.90. The van der Waals surface area contributed by atoms with Crippen LogP contribution in [0.4, 0.5) is 5.69 Å². The number of hydrogen-bond donors (Lipinski definition) is 1. The second kappa shape index (κ2) is 7.92. The quantitative estimate of drug-likeness (QED) is 0.656. The molecule has 0 radical (unpaired) electrons. The molecule has 2 aromatic carbocycles. The first-order valence-corrected chi connectivity index (χ1v) is 9.20. The number of anilines is 1. The summed E-state index contributed by atoms with van der Waals surface area (Å²) in [7, 11) is 1.67. The molecule has 4 nitrogen and oxygen atoms in total. The number of rotatable bonds is 5. The van der Waals surface area contributed by atoms with Gasteiger partial charge in [-0.1, -0.05) is 24.3 Å². The molecule has 1 saturated heterocycles. The Kier molecular flexibility index (Phi) is 5.62. The monoisotopic (exact) mass is 352 g/mol. The van der Waals surface area contributed by atoms with Crippen molar-refractivity contribution in [2.45, 2.75) is 45.2 Å². The number of aryl methyl sites for hydroxylation is 2. The maximum Gasteiger partial charge on any atom is 0.137 e. The van der Waals surface area contributed by atoms with Gasteiger partial charge in [-0.3, -0.25) is 4.90 Å². The van der Waals surface area contributed by atoms with Crippen molar-refractivity contribution >= 4 is 12.0 Å². The Labute approximate surface area is 156 Å². The standard InChI is InChI=1S/C22H28N2O2/c1-15-10-19(11-16(2)22(15)23)18-8-9-24(20(12-18)14-25)13-17-4-6-21(26-3)7-5-17/h4-7,10-11,14,18,20H,8-9,12-13,23H2,1-3H3. The van der Waals surface area contributed by atoms with Crippen LogP contribution in [0.15, 0.2) is 36.4 Å². The molecule has 2 aromatic rings. The SMILES string of the molecule is COc1ccc(CN2CCC(c3cc(C)c(N)c(C)c3)CC2C=O)cc1. The lowest BCUT2D eigenvalue weighted by molar-refractivity contribution is -0.114. The van der Waals surface area contributed by atoms with Crippen LogP contribution in [0.2, 0.25) is 0 Å². The van der Waals surface area contributed by atoms with Crippen LogP contribution >= 0.6 is 0 Å². The zero-order valence-electron chi connectivity index (χ0n) is 15.9. The van der Waals surface area contributed by atoms with Gasteiger partial charge in [0.05, 0.1) is 13.2 Å². The predicted molar refractivity (Wildman–Crippen MR) is 106 cm³/mol. The lowest BCUT2D eigenvalue weighted by Gasteiger charge is -2.37. The summed E-state index contributed by atoms with van der Waals surface area (Å²) in [4.78, 5) is 14.0. The van der Waals surface area contributed by atoms with Gasteiger partial charge in [-0.2, -0.15) is 0 Å². The summed E-state index contributed by atoms with van der Waals surface area (Å²) in [5, 5.41) is 0. The van der Waals surface area contributed by atoms with Gasteiger partial charge >= 0.3 is 0 Å². The third-order valence-corrected chi connectivity index (χ3v) is 5.55. The van der Waals surface area contributed by atoms with Gasteiger partial charge in [0.2, 0.25) is 0 Å². The fraction of sp³-hybridized carbons (Fsp3) is 0.409. The smallest absolute Gasteiger partial charge is 0.137 e. The third-order valence-electron chi connectivity index (χ3n) is 5.55. The van der Waals surface area contributed by atoms with Crippen LogP contribution in [-0.4, -0.2) is 30.9 Å². The molecular formula is C22H28N2O2. The molecule has 0 aliphatic carbocycles. The van der Waals surface area contributed by atoms with Crippen LogP contribution in [0.5, 0.6) is 5.75 Å². The van der Waals surface area contributed by atoms with E-state index >= 15 is 0 Å².